The molecule has 0 unspecified atom stereocenters. The van der Waals surface area contributed by atoms with Gasteiger partial charge in [0.2, 0.25) is 0 Å². The lowest BCUT2D eigenvalue weighted by Gasteiger charge is -2.10. The van der Waals surface area contributed by atoms with Crippen LogP contribution in [0.2, 0.25) is 0 Å². The van der Waals surface area contributed by atoms with E-state index in [2.05, 4.69) is 15.0 Å². The van der Waals surface area contributed by atoms with Crippen molar-refractivity contribution in [2.24, 2.45) is 0 Å². The lowest BCUT2D eigenvalue weighted by atomic mass is 10.1. The first-order chi connectivity index (χ1) is 14.4. The van der Waals surface area contributed by atoms with Crippen LogP contribution in [0.15, 0.2) is 90.0 Å². The van der Waals surface area contributed by atoms with E-state index in [1.165, 1.54) is 42.5 Å². The molecule has 150 valence electrons. The zero-order valence-corrected chi connectivity index (χ0v) is 16.4. The van der Waals surface area contributed by atoms with Crippen LogP contribution >= 0.6 is 0 Å². The van der Waals surface area contributed by atoms with E-state index in [0.717, 1.165) is 17.0 Å². The van der Waals surface area contributed by atoms with E-state index in [-0.39, 0.29) is 16.1 Å². The number of aromatic nitrogens is 1. The third-order valence-electron chi connectivity index (χ3n) is 4.44. The van der Waals surface area contributed by atoms with Crippen molar-refractivity contribution in [1.82, 2.24) is 4.98 Å². The van der Waals surface area contributed by atoms with Crippen molar-refractivity contribution in [2.75, 3.05) is 10.0 Å². The molecule has 0 aliphatic heterocycles. The molecule has 0 saturated heterocycles. The highest BCUT2D eigenvalue weighted by atomic mass is 32.2. The molecule has 1 aromatic heterocycles. The molecule has 1 amide bonds. The minimum absolute atomic E-state index is 0.0864. The molecule has 0 fully saturated rings. The fourth-order valence-electron chi connectivity index (χ4n) is 2.94. The molecule has 3 aromatic carbocycles. The molecule has 2 N–H and O–H groups in total. The molecule has 4 rings (SSSR count). The normalized spacial score (nSPS) is 11.2. The zero-order chi connectivity index (χ0) is 21.1. The van der Waals surface area contributed by atoms with Crippen molar-refractivity contribution in [3.05, 3.63) is 96.4 Å². The second-order valence-corrected chi connectivity index (χ2v) is 8.12. The zero-order valence-electron chi connectivity index (χ0n) is 15.5. The molecule has 0 atom stereocenters. The lowest BCUT2D eigenvalue weighted by molar-refractivity contribution is 0.102. The van der Waals surface area contributed by atoms with Gasteiger partial charge in [-0.15, -0.1) is 0 Å². The maximum Gasteiger partial charge on any atom is 0.261 e. The summed E-state index contributed by atoms with van der Waals surface area (Å²) in [5.41, 5.74) is 1.48. The average molecular weight is 421 g/mol. The van der Waals surface area contributed by atoms with Gasteiger partial charge in [0.05, 0.1) is 21.8 Å². The molecule has 0 aliphatic carbocycles. The molecule has 6 nitrogen and oxygen atoms in total. The number of hydrogen-bond donors (Lipinski definition) is 2. The van der Waals surface area contributed by atoms with Gasteiger partial charge in [0.1, 0.15) is 5.82 Å². The van der Waals surface area contributed by atoms with Gasteiger partial charge in [-0.2, -0.15) is 0 Å². The van der Waals surface area contributed by atoms with Gasteiger partial charge in [-0.3, -0.25) is 14.5 Å². The summed E-state index contributed by atoms with van der Waals surface area (Å²) in [6.07, 6.45) is 1.67. The summed E-state index contributed by atoms with van der Waals surface area (Å²) in [5, 5.41) is 3.61. The number of benzene rings is 3. The molecule has 1 heterocycles. The number of fused-ring (bicyclic) bond motifs is 1. The lowest BCUT2D eigenvalue weighted by Crippen LogP contribution is -2.15. The Hall–Kier alpha value is -3.78. The van der Waals surface area contributed by atoms with Crippen LogP contribution in [-0.2, 0) is 10.0 Å². The number of nitrogens with one attached hydrogen (secondary N) is 2. The number of halogens is 1. The third-order valence-corrected chi connectivity index (χ3v) is 5.82. The summed E-state index contributed by atoms with van der Waals surface area (Å²) in [5.74, 6) is -1.07. The van der Waals surface area contributed by atoms with Gasteiger partial charge in [0.25, 0.3) is 15.9 Å². The van der Waals surface area contributed by atoms with Crippen LogP contribution < -0.4 is 10.0 Å². The highest BCUT2D eigenvalue weighted by molar-refractivity contribution is 7.92. The second-order valence-electron chi connectivity index (χ2n) is 6.44. The van der Waals surface area contributed by atoms with E-state index in [0.29, 0.717) is 5.69 Å². The van der Waals surface area contributed by atoms with Crippen LogP contribution in [0.3, 0.4) is 0 Å². The number of hydrogen-bond acceptors (Lipinski definition) is 4. The fraction of sp³-hybridized carbons (Fsp3) is 0. The van der Waals surface area contributed by atoms with Crippen molar-refractivity contribution in [1.29, 1.82) is 0 Å². The Kier molecular flexibility index (Phi) is 5.16. The van der Waals surface area contributed by atoms with E-state index < -0.39 is 21.7 Å². The average Bonchev–Trinajstić information content (AvgIpc) is 2.75. The number of nitrogens with zero attached hydrogens (tertiary/aromatic N) is 1. The molecule has 0 saturated carbocycles. The Labute approximate surface area is 172 Å². The number of rotatable bonds is 5. The summed E-state index contributed by atoms with van der Waals surface area (Å²) in [6, 6.07) is 19.9. The number of para-hydroxylation sites is 1. The summed E-state index contributed by atoms with van der Waals surface area (Å²) >= 11 is 0. The van der Waals surface area contributed by atoms with E-state index in [1.54, 1.807) is 24.4 Å². The van der Waals surface area contributed by atoms with Crippen LogP contribution in [0.4, 0.5) is 15.8 Å². The molecule has 0 bridgehead atoms. The molecule has 30 heavy (non-hydrogen) atoms. The number of carbonyl (C=O) groups is 1. The van der Waals surface area contributed by atoms with E-state index in [1.807, 2.05) is 12.1 Å². The minimum Gasteiger partial charge on any atom is -0.321 e. The Balaban J connectivity index is 1.54. The number of carbonyl (C=O) groups excluding carboxylic acids is 1. The molecule has 0 aliphatic rings. The van der Waals surface area contributed by atoms with Crippen LogP contribution in [0, 0.1) is 5.82 Å². The topological polar surface area (TPSA) is 88.2 Å². The number of sulfonamides is 1. The smallest absolute Gasteiger partial charge is 0.261 e. The van der Waals surface area contributed by atoms with Crippen molar-refractivity contribution in [3.8, 4) is 0 Å². The summed E-state index contributed by atoms with van der Waals surface area (Å²) in [6.45, 7) is 0. The van der Waals surface area contributed by atoms with Gasteiger partial charge in [-0.25, -0.2) is 12.8 Å². The van der Waals surface area contributed by atoms with Crippen molar-refractivity contribution < 1.29 is 17.6 Å². The molecular weight excluding hydrogens is 405 g/mol. The van der Waals surface area contributed by atoms with E-state index >= 15 is 0 Å². The first kappa shape index (κ1) is 19.5. The molecule has 8 heteroatoms. The molecule has 0 radical (unpaired) electrons. The number of amides is 1. The standard InChI is InChI=1S/C22H16FN3O3S/c23-18-6-1-2-7-21(18)26-30(28,29)16-12-10-15(11-13-16)22(27)25-20-9-3-8-19-17(20)5-4-14-24-19/h1-14,26H,(H,25,27). The Bertz CT molecular complexity index is 1330. The SMILES string of the molecule is O=C(Nc1cccc2ncccc12)c1ccc(S(=O)(=O)Nc2ccccc2F)cc1. The van der Waals surface area contributed by atoms with Crippen molar-refractivity contribution in [3.63, 3.8) is 0 Å². The molecule has 0 spiro atoms. The predicted octanol–water partition coefficient (Wildman–Crippen LogP) is 4.43. The highest BCUT2D eigenvalue weighted by Gasteiger charge is 2.17. The summed E-state index contributed by atoms with van der Waals surface area (Å²) in [4.78, 5) is 16.8. The Morgan fingerprint density at radius 2 is 1.57 bits per heavy atom. The number of pyridine rings is 1. The predicted molar refractivity (Wildman–Crippen MR) is 113 cm³/mol. The van der Waals surface area contributed by atoms with E-state index in [4.69, 9.17) is 0 Å². The van der Waals surface area contributed by atoms with Gasteiger partial charge in [0.15, 0.2) is 0 Å². The Morgan fingerprint density at radius 1 is 0.833 bits per heavy atom. The van der Waals surface area contributed by atoms with E-state index in [9.17, 15) is 17.6 Å². The van der Waals surface area contributed by atoms with Crippen molar-refractivity contribution >= 4 is 38.2 Å². The maximum atomic E-state index is 13.7. The van der Waals surface area contributed by atoms with Gasteiger partial charge >= 0.3 is 0 Å². The van der Waals surface area contributed by atoms with Gasteiger partial charge in [-0.1, -0.05) is 18.2 Å². The quantitative estimate of drug-likeness (QED) is 0.499. The largest absolute Gasteiger partial charge is 0.321 e. The first-order valence-electron chi connectivity index (χ1n) is 8.96. The highest BCUT2D eigenvalue weighted by Crippen LogP contribution is 2.23. The number of anilines is 2. The maximum absolute atomic E-state index is 13.7. The van der Waals surface area contributed by atoms with Crippen molar-refractivity contribution in [2.45, 2.75) is 4.90 Å². The van der Waals surface area contributed by atoms with Crippen LogP contribution in [0.1, 0.15) is 10.4 Å². The first-order valence-corrected chi connectivity index (χ1v) is 10.4. The summed E-state index contributed by atoms with van der Waals surface area (Å²) in [7, 11) is -4.00. The monoisotopic (exact) mass is 421 g/mol. The Morgan fingerprint density at radius 3 is 2.33 bits per heavy atom. The van der Waals surface area contributed by atoms with Gasteiger partial charge in [0, 0.05) is 17.1 Å². The van der Waals surface area contributed by atoms with Crippen LogP contribution in [-0.4, -0.2) is 19.3 Å². The van der Waals surface area contributed by atoms with Gasteiger partial charge < -0.3 is 5.32 Å². The minimum atomic E-state index is -4.00. The molecular formula is C22H16FN3O3S. The summed E-state index contributed by atoms with van der Waals surface area (Å²) < 4.78 is 40.9. The third kappa shape index (κ3) is 3.99. The second kappa shape index (κ2) is 7.92. The van der Waals surface area contributed by atoms with Crippen LogP contribution in [0.5, 0.6) is 0 Å². The fourth-order valence-corrected chi connectivity index (χ4v) is 4.01. The van der Waals surface area contributed by atoms with Gasteiger partial charge in [-0.05, 0) is 60.7 Å². The van der Waals surface area contributed by atoms with Crippen LogP contribution in [0.25, 0.3) is 10.9 Å². The molecule has 4 aromatic rings.